The lowest BCUT2D eigenvalue weighted by atomic mass is 10.2. The number of hydrogen-bond donors (Lipinski definition) is 4. The van der Waals surface area contributed by atoms with Gasteiger partial charge in [-0.3, -0.25) is 19.2 Å². The molecule has 2 aromatic heterocycles. The van der Waals surface area contributed by atoms with Crippen molar-refractivity contribution in [1.82, 2.24) is 25.5 Å². The highest BCUT2D eigenvalue weighted by Gasteiger charge is 2.27. The molecule has 4 rings (SSSR count). The lowest BCUT2D eigenvalue weighted by Crippen LogP contribution is -2.52. The summed E-state index contributed by atoms with van der Waals surface area (Å²) in [7, 11) is 1.99. The summed E-state index contributed by atoms with van der Waals surface area (Å²) in [5.41, 5.74) is 1.39. The number of carbonyl (C=O) groups is 4. The number of likely N-dealkylation sites (N-methyl/N-ethyl adjacent to an activating group) is 1. The summed E-state index contributed by atoms with van der Waals surface area (Å²) in [6, 6.07) is 10.4. The summed E-state index contributed by atoms with van der Waals surface area (Å²) in [5, 5.41) is 10.7. The standard InChI is InChI=1S/C24H24ClN7O4S/c1-32-10-9-16-18(13-32)37-24(30-16)23(36)29-17(20(33)28-15-5-3-2-4-6-15)12-27-21(34)22(35)31-19-8-7-14(25)11-26-19/h2-8,11,17H,9-10,12-13H2,1H3,(H,27,34)(H,28,33)(H,29,36)(H,26,31,35). The van der Waals surface area contributed by atoms with Gasteiger partial charge in [0.15, 0.2) is 5.01 Å². The highest BCUT2D eigenvalue weighted by molar-refractivity contribution is 7.13. The number of amides is 4. The number of hydrogen-bond acceptors (Lipinski definition) is 8. The smallest absolute Gasteiger partial charge is 0.314 e. The van der Waals surface area contributed by atoms with Crippen molar-refractivity contribution in [2.24, 2.45) is 0 Å². The van der Waals surface area contributed by atoms with Crippen LogP contribution in [0.5, 0.6) is 0 Å². The maximum absolute atomic E-state index is 13.0. The van der Waals surface area contributed by atoms with E-state index < -0.39 is 29.7 Å². The summed E-state index contributed by atoms with van der Waals surface area (Å²) in [6.45, 7) is 1.21. The van der Waals surface area contributed by atoms with E-state index in [2.05, 4.69) is 36.1 Å². The number of anilines is 2. The van der Waals surface area contributed by atoms with E-state index >= 15 is 0 Å². The molecule has 4 amide bonds. The molecule has 4 N–H and O–H groups in total. The number of nitrogens with zero attached hydrogens (tertiary/aromatic N) is 3. The maximum atomic E-state index is 13.0. The van der Waals surface area contributed by atoms with Crippen molar-refractivity contribution < 1.29 is 19.2 Å². The van der Waals surface area contributed by atoms with E-state index in [9.17, 15) is 19.2 Å². The number of carbonyl (C=O) groups excluding carboxylic acids is 4. The fraction of sp³-hybridized carbons (Fsp3) is 0.250. The molecule has 1 atom stereocenters. The van der Waals surface area contributed by atoms with Gasteiger partial charge in [0.25, 0.3) is 5.91 Å². The zero-order valence-electron chi connectivity index (χ0n) is 19.8. The zero-order valence-corrected chi connectivity index (χ0v) is 21.4. The lowest BCUT2D eigenvalue weighted by Gasteiger charge is -2.20. The molecule has 0 saturated carbocycles. The topological polar surface area (TPSA) is 145 Å². The Morgan fingerprint density at radius 1 is 1.08 bits per heavy atom. The van der Waals surface area contributed by atoms with Crippen molar-refractivity contribution in [2.45, 2.75) is 19.0 Å². The van der Waals surface area contributed by atoms with Gasteiger partial charge < -0.3 is 26.2 Å². The molecule has 1 aliphatic heterocycles. The molecule has 3 heterocycles. The van der Waals surface area contributed by atoms with Crippen molar-refractivity contribution in [2.75, 3.05) is 30.8 Å². The fourth-order valence-corrected chi connectivity index (χ4v) is 4.70. The molecule has 11 nitrogen and oxygen atoms in total. The molecule has 3 aromatic rings. The van der Waals surface area contributed by atoms with Crippen LogP contribution in [0.15, 0.2) is 48.7 Å². The average molecular weight is 542 g/mol. The third-order valence-electron chi connectivity index (χ3n) is 5.42. The zero-order chi connectivity index (χ0) is 26.4. The first kappa shape index (κ1) is 26.2. The Bertz CT molecular complexity index is 1300. The largest absolute Gasteiger partial charge is 0.345 e. The summed E-state index contributed by atoms with van der Waals surface area (Å²) >= 11 is 7.04. The van der Waals surface area contributed by atoms with E-state index in [0.717, 1.165) is 23.5 Å². The summed E-state index contributed by atoms with van der Waals surface area (Å²) < 4.78 is 0. The van der Waals surface area contributed by atoms with Crippen LogP contribution in [-0.4, -0.2) is 64.7 Å². The molecule has 0 bridgehead atoms. The van der Waals surface area contributed by atoms with Gasteiger partial charge in [-0.05, 0) is 31.3 Å². The van der Waals surface area contributed by atoms with E-state index in [1.807, 2.05) is 7.05 Å². The van der Waals surface area contributed by atoms with Crippen molar-refractivity contribution >= 4 is 58.1 Å². The predicted molar refractivity (Wildman–Crippen MR) is 139 cm³/mol. The average Bonchev–Trinajstić information content (AvgIpc) is 3.31. The van der Waals surface area contributed by atoms with Gasteiger partial charge in [-0.1, -0.05) is 29.8 Å². The normalized spacial score (nSPS) is 13.7. The van der Waals surface area contributed by atoms with Crippen molar-refractivity contribution in [3.63, 3.8) is 0 Å². The molecule has 13 heteroatoms. The molecular weight excluding hydrogens is 518 g/mol. The first-order valence-electron chi connectivity index (χ1n) is 11.3. The Balaban J connectivity index is 1.42. The van der Waals surface area contributed by atoms with E-state index in [1.54, 1.807) is 30.3 Å². The van der Waals surface area contributed by atoms with Crippen LogP contribution in [0.1, 0.15) is 20.4 Å². The highest BCUT2D eigenvalue weighted by Crippen LogP contribution is 2.24. The number of rotatable bonds is 7. The minimum absolute atomic E-state index is 0.134. The van der Waals surface area contributed by atoms with Crippen LogP contribution >= 0.6 is 22.9 Å². The van der Waals surface area contributed by atoms with Gasteiger partial charge in [-0.15, -0.1) is 11.3 Å². The Morgan fingerprint density at radius 2 is 1.86 bits per heavy atom. The number of fused-ring (bicyclic) bond motifs is 1. The van der Waals surface area contributed by atoms with Gasteiger partial charge >= 0.3 is 11.8 Å². The monoisotopic (exact) mass is 541 g/mol. The van der Waals surface area contributed by atoms with Gasteiger partial charge in [0.05, 0.1) is 10.7 Å². The van der Waals surface area contributed by atoms with E-state index in [0.29, 0.717) is 17.3 Å². The quantitative estimate of drug-likeness (QED) is 0.333. The van der Waals surface area contributed by atoms with Crippen LogP contribution in [0.4, 0.5) is 11.5 Å². The van der Waals surface area contributed by atoms with Crippen LogP contribution in [0.3, 0.4) is 0 Å². The minimum Gasteiger partial charge on any atom is -0.345 e. The van der Waals surface area contributed by atoms with Crippen LogP contribution in [-0.2, 0) is 27.3 Å². The highest BCUT2D eigenvalue weighted by atomic mass is 35.5. The second-order valence-electron chi connectivity index (χ2n) is 8.28. The predicted octanol–water partition coefficient (Wildman–Crippen LogP) is 1.67. The van der Waals surface area contributed by atoms with Gasteiger partial charge in [-0.2, -0.15) is 0 Å². The SMILES string of the molecule is CN1CCc2nc(C(=O)NC(CNC(=O)C(=O)Nc3ccc(Cl)cn3)C(=O)Nc3ccccc3)sc2C1. The van der Waals surface area contributed by atoms with Crippen LogP contribution in [0.2, 0.25) is 5.02 Å². The third kappa shape index (κ3) is 7.09. The van der Waals surface area contributed by atoms with Crippen LogP contribution < -0.4 is 21.3 Å². The van der Waals surface area contributed by atoms with E-state index in [1.165, 1.54) is 29.7 Å². The second kappa shape index (κ2) is 11.9. The second-order valence-corrected chi connectivity index (χ2v) is 9.80. The molecule has 0 saturated heterocycles. The summed E-state index contributed by atoms with van der Waals surface area (Å²) in [6.07, 6.45) is 2.06. The molecule has 192 valence electrons. The van der Waals surface area contributed by atoms with Crippen molar-refractivity contribution in [3.8, 4) is 0 Å². The number of nitrogens with one attached hydrogen (secondary N) is 4. The van der Waals surface area contributed by atoms with Gasteiger partial charge in [0.1, 0.15) is 11.9 Å². The summed E-state index contributed by atoms with van der Waals surface area (Å²) in [5.74, 6) is -2.97. The Kier molecular flexibility index (Phi) is 8.43. The Labute approximate surface area is 221 Å². The fourth-order valence-electron chi connectivity index (χ4n) is 3.50. The first-order valence-corrected chi connectivity index (χ1v) is 12.5. The lowest BCUT2D eigenvalue weighted by molar-refractivity contribution is -0.136. The molecule has 0 aliphatic carbocycles. The van der Waals surface area contributed by atoms with Crippen LogP contribution in [0.25, 0.3) is 0 Å². The van der Waals surface area contributed by atoms with Crippen molar-refractivity contribution in [3.05, 3.63) is 69.3 Å². The van der Waals surface area contributed by atoms with E-state index in [4.69, 9.17) is 11.6 Å². The maximum Gasteiger partial charge on any atom is 0.314 e. The number of benzene rings is 1. The van der Waals surface area contributed by atoms with Crippen molar-refractivity contribution in [1.29, 1.82) is 0 Å². The number of para-hydroxylation sites is 1. The van der Waals surface area contributed by atoms with E-state index in [-0.39, 0.29) is 17.4 Å². The molecule has 1 aliphatic rings. The number of halogens is 1. The van der Waals surface area contributed by atoms with Gasteiger partial charge in [0.2, 0.25) is 5.91 Å². The molecule has 0 radical (unpaired) electrons. The molecule has 37 heavy (non-hydrogen) atoms. The number of aromatic nitrogens is 2. The first-order chi connectivity index (χ1) is 17.8. The number of thiazole rings is 1. The molecule has 0 fully saturated rings. The minimum atomic E-state index is -1.18. The molecule has 1 unspecified atom stereocenters. The Morgan fingerprint density at radius 3 is 2.59 bits per heavy atom. The molecular formula is C24H24ClN7O4S. The molecule has 0 spiro atoms. The molecule has 1 aromatic carbocycles. The Hall–Kier alpha value is -3.87. The van der Waals surface area contributed by atoms with Gasteiger partial charge in [0, 0.05) is 42.8 Å². The van der Waals surface area contributed by atoms with Crippen LogP contribution in [0, 0.1) is 0 Å². The third-order valence-corrected chi connectivity index (χ3v) is 6.73. The number of pyridine rings is 1. The van der Waals surface area contributed by atoms with Gasteiger partial charge in [-0.25, -0.2) is 9.97 Å². The summed E-state index contributed by atoms with van der Waals surface area (Å²) in [4.78, 5) is 62.1.